The summed E-state index contributed by atoms with van der Waals surface area (Å²) in [6.07, 6.45) is 2.28. The van der Waals surface area contributed by atoms with Gasteiger partial charge in [0.25, 0.3) is 0 Å². The van der Waals surface area contributed by atoms with Crippen LogP contribution >= 0.6 is 0 Å². The van der Waals surface area contributed by atoms with Gasteiger partial charge in [0.2, 0.25) is 0 Å². The average Bonchev–Trinajstić information content (AvgIpc) is 1.37. The fourth-order valence-electron chi connectivity index (χ4n) is 0. The van der Waals surface area contributed by atoms with E-state index >= 15 is 0 Å². The molecule has 0 saturated carbocycles. The van der Waals surface area contributed by atoms with E-state index in [2.05, 4.69) is 13.8 Å². The molecule has 6 heavy (non-hydrogen) atoms. The van der Waals surface area contributed by atoms with Crippen molar-refractivity contribution in [2.24, 2.45) is 0 Å². The zero-order valence-electron chi connectivity index (χ0n) is 4.70. The molecule has 0 aromatic heterocycles. The summed E-state index contributed by atoms with van der Waals surface area (Å²) in [5.41, 5.74) is 0. The third kappa shape index (κ3) is 19.4. The van der Waals surface area contributed by atoms with Crippen LogP contribution in [0.1, 0.15) is 19.8 Å². The van der Waals surface area contributed by atoms with E-state index in [-0.39, 0.29) is 40.1 Å². The molecule has 0 rings (SSSR count). The van der Waals surface area contributed by atoms with Gasteiger partial charge in [-0.3, -0.25) is 0 Å². The maximum Gasteiger partial charge on any atom is 0 e. The third-order valence-electron chi connectivity index (χ3n) is 0.354. The van der Waals surface area contributed by atoms with E-state index in [4.69, 9.17) is 0 Å². The van der Waals surface area contributed by atoms with Crippen LogP contribution in [0.15, 0.2) is 0 Å². The summed E-state index contributed by atoms with van der Waals surface area (Å²) in [7, 11) is 0. The van der Waals surface area contributed by atoms with Gasteiger partial charge in [-0.1, -0.05) is 13.3 Å². The zero-order chi connectivity index (χ0) is 3.41. The molecule has 0 aromatic carbocycles. The molecule has 0 aliphatic carbocycles. The summed E-state index contributed by atoms with van der Waals surface area (Å²) in [5.74, 6) is 0. The zero-order valence-corrected chi connectivity index (χ0v) is 7.54. The van der Waals surface area contributed by atoms with Gasteiger partial charge in [0.1, 0.15) is 0 Å². The first-order valence-corrected chi connectivity index (χ1v) is 1.71. The maximum absolute atomic E-state index is 3.60. The van der Waals surface area contributed by atoms with Crippen LogP contribution in [0, 0.1) is 14.4 Å². The molecule has 0 aromatic rings. The van der Waals surface area contributed by atoms with E-state index in [0.717, 1.165) is 6.42 Å². The first-order valence-electron chi connectivity index (χ1n) is 1.71. The Bertz CT molecular complexity index is 5.90. The topological polar surface area (TPSA) is 0 Å². The Hall–Kier alpha value is 1.10. The van der Waals surface area contributed by atoms with Crippen LogP contribution in [0.5, 0.6) is 0 Å². The van der Waals surface area contributed by atoms with Crippen LogP contribution in [0.4, 0.5) is 0 Å². The van der Waals surface area contributed by atoms with Gasteiger partial charge in [-0.2, -0.15) is 6.42 Å². The van der Waals surface area contributed by atoms with Crippen LogP contribution in [0.3, 0.4) is 0 Å². The van der Waals surface area contributed by atoms with Gasteiger partial charge in [-0.15, -0.1) is 0 Å². The van der Waals surface area contributed by atoms with Crippen molar-refractivity contribution in [3.05, 3.63) is 14.4 Å². The molecule has 0 N–H and O–H groups in total. The molecule has 1 heteroatoms. The Morgan fingerprint density at radius 3 is 1.67 bits per heavy atom. The molecule has 0 heterocycles. The van der Waals surface area contributed by atoms with Crippen molar-refractivity contribution in [3.63, 3.8) is 0 Å². The average molecular weight is 161 g/mol. The standard InChI is InChI=1S/C4H9.CH3.Y/c1-3-4-2;;/h1,3-4H2,2H3;1H3;/q2*-1;. The molecule has 0 aliphatic heterocycles. The molecule has 0 spiro atoms. The molecule has 37 valence electrons. The van der Waals surface area contributed by atoms with Gasteiger partial charge < -0.3 is 14.4 Å². The summed E-state index contributed by atoms with van der Waals surface area (Å²) >= 11 is 0. The van der Waals surface area contributed by atoms with E-state index in [1.54, 1.807) is 0 Å². The summed E-state index contributed by atoms with van der Waals surface area (Å²) < 4.78 is 0. The molecular weight excluding hydrogens is 149 g/mol. The Kier molecular flexibility index (Phi) is 43.2. The monoisotopic (exact) mass is 161 g/mol. The van der Waals surface area contributed by atoms with Gasteiger partial charge in [0.05, 0.1) is 0 Å². The molecule has 0 fully saturated rings. The predicted octanol–water partition coefficient (Wildman–Crippen LogP) is 2.07. The molecule has 0 atom stereocenters. The van der Waals surface area contributed by atoms with Crippen molar-refractivity contribution in [1.29, 1.82) is 0 Å². The summed E-state index contributed by atoms with van der Waals surface area (Å²) in [6, 6.07) is 0. The Balaban J connectivity index is -0.0000000450. The van der Waals surface area contributed by atoms with Crippen molar-refractivity contribution in [2.75, 3.05) is 0 Å². The second kappa shape index (κ2) is 16.5. The molecule has 1 radical (unpaired) electrons. The molecule has 0 bridgehead atoms. The van der Waals surface area contributed by atoms with E-state index in [1.807, 2.05) is 0 Å². The largest absolute Gasteiger partial charge is 0.358 e. The van der Waals surface area contributed by atoms with Gasteiger partial charge in [-0.05, 0) is 0 Å². The Morgan fingerprint density at radius 2 is 1.67 bits per heavy atom. The van der Waals surface area contributed by atoms with E-state index < -0.39 is 0 Å². The van der Waals surface area contributed by atoms with Crippen LogP contribution in [-0.4, -0.2) is 0 Å². The number of hydrogen-bond acceptors (Lipinski definition) is 0. The Labute approximate surface area is 66.6 Å². The molecular formula is C5H12Y-2. The minimum Gasteiger partial charge on any atom is -0.358 e. The van der Waals surface area contributed by atoms with Crippen LogP contribution in [0.2, 0.25) is 0 Å². The summed E-state index contributed by atoms with van der Waals surface area (Å²) in [4.78, 5) is 0. The van der Waals surface area contributed by atoms with E-state index in [1.165, 1.54) is 6.42 Å². The van der Waals surface area contributed by atoms with Crippen molar-refractivity contribution in [3.8, 4) is 0 Å². The predicted molar refractivity (Wildman–Crippen MR) is 26.7 cm³/mol. The maximum atomic E-state index is 3.60. The molecule has 0 saturated heterocycles. The second-order valence-corrected chi connectivity index (χ2v) is 0.854. The quantitative estimate of drug-likeness (QED) is 0.516. The van der Waals surface area contributed by atoms with Gasteiger partial charge in [0.15, 0.2) is 0 Å². The van der Waals surface area contributed by atoms with E-state index in [9.17, 15) is 0 Å². The number of rotatable bonds is 1. The molecule has 0 aliphatic rings. The number of unbranched alkanes of at least 4 members (excludes halogenated alkanes) is 1. The first-order chi connectivity index (χ1) is 1.91. The van der Waals surface area contributed by atoms with Crippen molar-refractivity contribution < 1.29 is 32.7 Å². The van der Waals surface area contributed by atoms with Crippen molar-refractivity contribution in [2.45, 2.75) is 19.8 Å². The summed E-state index contributed by atoms with van der Waals surface area (Å²) in [5, 5.41) is 0. The molecule has 0 nitrogen and oxygen atoms in total. The van der Waals surface area contributed by atoms with Crippen LogP contribution in [-0.2, 0) is 32.7 Å². The second-order valence-electron chi connectivity index (χ2n) is 0.854. The smallest absolute Gasteiger partial charge is 0 e. The normalized spacial score (nSPS) is 5.00. The van der Waals surface area contributed by atoms with Crippen LogP contribution < -0.4 is 0 Å². The van der Waals surface area contributed by atoms with E-state index in [0.29, 0.717) is 0 Å². The molecule has 0 amide bonds. The van der Waals surface area contributed by atoms with Gasteiger partial charge in [-0.25, -0.2) is 0 Å². The minimum absolute atomic E-state index is 0. The van der Waals surface area contributed by atoms with Crippen molar-refractivity contribution >= 4 is 0 Å². The molecule has 0 unspecified atom stereocenters. The van der Waals surface area contributed by atoms with Gasteiger partial charge >= 0.3 is 0 Å². The minimum atomic E-state index is 0. The summed E-state index contributed by atoms with van der Waals surface area (Å²) in [6.45, 7) is 5.72. The van der Waals surface area contributed by atoms with Crippen molar-refractivity contribution in [1.82, 2.24) is 0 Å². The first kappa shape index (κ1) is 15.7. The van der Waals surface area contributed by atoms with Gasteiger partial charge in [0, 0.05) is 32.7 Å². The third-order valence-corrected chi connectivity index (χ3v) is 0.354. The fourth-order valence-corrected chi connectivity index (χ4v) is 0. The Morgan fingerprint density at radius 1 is 1.50 bits per heavy atom. The fraction of sp³-hybridized carbons (Fsp3) is 0.600. The van der Waals surface area contributed by atoms with Crippen LogP contribution in [0.25, 0.3) is 0 Å². The number of hydrogen-bond donors (Lipinski definition) is 0. The SMILES string of the molecule is [CH2-]CCC.[CH3-].[Y].